The number of aryl methyl sites for hydroxylation is 1. The number of aromatic nitrogens is 7. The molecule has 1 aromatic carbocycles. The van der Waals surface area contributed by atoms with Crippen molar-refractivity contribution in [3.63, 3.8) is 0 Å². The lowest BCUT2D eigenvalue weighted by Crippen LogP contribution is -2.18. The van der Waals surface area contributed by atoms with E-state index in [9.17, 15) is 5.11 Å². The van der Waals surface area contributed by atoms with Crippen LogP contribution < -0.4 is 5.73 Å². The van der Waals surface area contributed by atoms with Crippen molar-refractivity contribution in [1.82, 2.24) is 34.7 Å². The van der Waals surface area contributed by atoms with Gasteiger partial charge in [-0.3, -0.25) is 14.6 Å². The second-order valence-electron chi connectivity index (χ2n) is 10.3. The molecule has 0 radical (unpaired) electrons. The Morgan fingerprint density at radius 2 is 1.85 bits per heavy atom. The number of nitrogens with zero attached hydrogens (tertiary/aromatic N) is 7. The Bertz CT molecular complexity index is 1890. The number of rotatable bonds is 7. The second-order valence-corrected chi connectivity index (χ2v) is 11.9. The highest BCUT2D eigenvalue weighted by Crippen LogP contribution is 2.35. The summed E-state index contributed by atoms with van der Waals surface area (Å²) < 4.78 is 1.71. The lowest BCUT2D eigenvalue weighted by molar-refractivity contribution is 0.0736. The molecule has 0 aliphatic rings. The Balaban J connectivity index is 1.36. The zero-order valence-electron chi connectivity index (χ0n) is 22.7. The summed E-state index contributed by atoms with van der Waals surface area (Å²) in [5.74, 6) is 0.319. The van der Waals surface area contributed by atoms with Crippen LogP contribution in [-0.4, -0.2) is 39.8 Å². The van der Waals surface area contributed by atoms with Gasteiger partial charge < -0.3 is 10.8 Å². The first-order valence-corrected chi connectivity index (χ1v) is 14.2. The Kier molecular flexibility index (Phi) is 6.98. The number of thiazole rings is 1. The third-order valence-corrected chi connectivity index (χ3v) is 7.88. The fourth-order valence-electron chi connectivity index (χ4n) is 4.57. The molecule has 5 heterocycles. The summed E-state index contributed by atoms with van der Waals surface area (Å²) in [4.78, 5) is 24.5. The molecule has 41 heavy (non-hydrogen) atoms. The SMILES string of the molecule is Cn1ccc(-c2nc(N)c(Cc3ncc(Cc4cccc(C(C)(C)O)n4)s3)nc2-c2cc(Cl)c3ncccc3c2)n1. The molecule has 0 fully saturated rings. The number of aliphatic hydroxyl groups is 1. The molecule has 0 unspecified atom stereocenters. The summed E-state index contributed by atoms with van der Waals surface area (Å²) in [6, 6.07) is 15.3. The van der Waals surface area contributed by atoms with Gasteiger partial charge in [0.25, 0.3) is 0 Å². The van der Waals surface area contributed by atoms with Crippen molar-refractivity contribution >= 4 is 39.7 Å². The van der Waals surface area contributed by atoms with Crippen LogP contribution in [0.1, 0.15) is 40.8 Å². The van der Waals surface area contributed by atoms with E-state index in [0.29, 0.717) is 52.2 Å². The summed E-state index contributed by atoms with van der Waals surface area (Å²) in [6.45, 7) is 3.46. The summed E-state index contributed by atoms with van der Waals surface area (Å²) in [5, 5.41) is 17.2. The van der Waals surface area contributed by atoms with E-state index in [1.165, 1.54) is 0 Å². The van der Waals surface area contributed by atoms with Crippen LogP contribution in [0.25, 0.3) is 33.5 Å². The van der Waals surface area contributed by atoms with E-state index in [-0.39, 0.29) is 0 Å². The minimum atomic E-state index is -1.00. The monoisotopic (exact) mass is 582 g/mol. The molecule has 3 N–H and O–H groups in total. The highest BCUT2D eigenvalue weighted by molar-refractivity contribution is 7.11. The molecule has 9 nitrogen and oxygen atoms in total. The van der Waals surface area contributed by atoms with E-state index in [1.807, 2.05) is 68.0 Å². The molecule has 0 saturated heterocycles. The first kappa shape index (κ1) is 26.9. The lowest BCUT2D eigenvalue weighted by atomic mass is 10.0. The smallest absolute Gasteiger partial charge is 0.146 e. The van der Waals surface area contributed by atoms with Crippen LogP contribution in [0.3, 0.4) is 0 Å². The first-order valence-electron chi connectivity index (χ1n) is 13.0. The number of hydrogen-bond donors (Lipinski definition) is 2. The maximum Gasteiger partial charge on any atom is 0.146 e. The molecule has 6 rings (SSSR count). The average molecular weight is 583 g/mol. The van der Waals surface area contributed by atoms with Gasteiger partial charge >= 0.3 is 0 Å². The van der Waals surface area contributed by atoms with Crippen molar-refractivity contribution in [3.05, 3.63) is 99.1 Å². The first-order chi connectivity index (χ1) is 19.6. The number of hydrogen-bond acceptors (Lipinski definition) is 9. The molecule has 11 heteroatoms. The van der Waals surface area contributed by atoms with Crippen LogP contribution in [0.4, 0.5) is 5.82 Å². The highest BCUT2D eigenvalue weighted by Gasteiger charge is 2.21. The van der Waals surface area contributed by atoms with Gasteiger partial charge in [0.2, 0.25) is 0 Å². The van der Waals surface area contributed by atoms with E-state index in [0.717, 1.165) is 32.0 Å². The van der Waals surface area contributed by atoms with Crippen molar-refractivity contribution in [2.45, 2.75) is 32.3 Å². The predicted molar refractivity (Wildman–Crippen MR) is 162 cm³/mol. The van der Waals surface area contributed by atoms with Gasteiger partial charge in [-0.15, -0.1) is 11.3 Å². The van der Waals surface area contributed by atoms with Crippen molar-refractivity contribution in [2.75, 3.05) is 5.73 Å². The molecule has 206 valence electrons. The Hall–Kier alpha value is -4.25. The molecule has 0 atom stereocenters. The van der Waals surface area contributed by atoms with Gasteiger partial charge in [0.1, 0.15) is 22.8 Å². The molecular weight excluding hydrogens is 556 g/mol. The zero-order chi connectivity index (χ0) is 28.7. The average Bonchev–Trinajstić information content (AvgIpc) is 3.57. The Labute approximate surface area is 245 Å². The van der Waals surface area contributed by atoms with Gasteiger partial charge in [-0.1, -0.05) is 23.7 Å². The largest absolute Gasteiger partial charge is 0.384 e. The van der Waals surface area contributed by atoms with Crippen molar-refractivity contribution in [1.29, 1.82) is 0 Å². The van der Waals surface area contributed by atoms with Gasteiger partial charge in [-0.05, 0) is 50.2 Å². The minimum Gasteiger partial charge on any atom is -0.384 e. The summed E-state index contributed by atoms with van der Waals surface area (Å²) >= 11 is 8.21. The molecule has 5 aromatic heterocycles. The number of nitrogen functional groups attached to an aromatic ring is 1. The van der Waals surface area contributed by atoms with Gasteiger partial charge in [0.15, 0.2) is 0 Å². The molecule has 0 aliphatic heterocycles. The number of halogens is 1. The number of fused-ring (bicyclic) bond motifs is 1. The zero-order valence-corrected chi connectivity index (χ0v) is 24.3. The van der Waals surface area contributed by atoms with E-state index in [4.69, 9.17) is 27.3 Å². The fraction of sp³-hybridized carbons (Fsp3) is 0.200. The third kappa shape index (κ3) is 5.67. The van der Waals surface area contributed by atoms with Crippen LogP contribution in [0.15, 0.2) is 67.1 Å². The van der Waals surface area contributed by atoms with Crippen molar-refractivity contribution < 1.29 is 5.11 Å². The van der Waals surface area contributed by atoms with E-state index < -0.39 is 5.60 Å². The molecule has 0 saturated carbocycles. The summed E-state index contributed by atoms with van der Waals surface area (Å²) in [5.41, 5.74) is 11.0. The van der Waals surface area contributed by atoms with Crippen LogP contribution in [0.5, 0.6) is 0 Å². The van der Waals surface area contributed by atoms with E-state index in [1.54, 1.807) is 36.1 Å². The minimum absolute atomic E-state index is 0.319. The Morgan fingerprint density at radius 3 is 2.63 bits per heavy atom. The molecule has 0 amide bonds. The Morgan fingerprint density at radius 1 is 1.00 bits per heavy atom. The van der Waals surface area contributed by atoms with Gasteiger partial charge in [-0.25, -0.2) is 15.0 Å². The third-order valence-electron chi connectivity index (χ3n) is 6.60. The number of benzene rings is 1. The number of anilines is 1. The molecule has 6 aromatic rings. The van der Waals surface area contributed by atoms with Crippen LogP contribution in [0, 0.1) is 0 Å². The van der Waals surface area contributed by atoms with Crippen LogP contribution in [-0.2, 0) is 25.5 Å². The topological polar surface area (TPSA) is 129 Å². The number of pyridine rings is 2. The molecular formula is C30H27ClN8OS. The van der Waals surface area contributed by atoms with Crippen LogP contribution in [0.2, 0.25) is 5.02 Å². The normalized spacial score (nSPS) is 11.8. The van der Waals surface area contributed by atoms with E-state index in [2.05, 4.69) is 20.1 Å². The van der Waals surface area contributed by atoms with Crippen LogP contribution >= 0.6 is 22.9 Å². The van der Waals surface area contributed by atoms with Crippen molar-refractivity contribution in [3.8, 4) is 22.6 Å². The van der Waals surface area contributed by atoms with Crippen molar-refractivity contribution in [2.24, 2.45) is 7.05 Å². The fourth-order valence-corrected chi connectivity index (χ4v) is 5.79. The maximum atomic E-state index is 10.3. The molecule has 0 spiro atoms. The van der Waals surface area contributed by atoms with Gasteiger partial charge in [0, 0.05) is 60.0 Å². The van der Waals surface area contributed by atoms with Gasteiger partial charge in [0.05, 0.1) is 32.6 Å². The molecule has 0 bridgehead atoms. The maximum absolute atomic E-state index is 10.3. The molecule has 0 aliphatic carbocycles. The summed E-state index contributed by atoms with van der Waals surface area (Å²) in [6.07, 6.45) is 6.44. The summed E-state index contributed by atoms with van der Waals surface area (Å²) in [7, 11) is 1.85. The van der Waals surface area contributed by atoms with E-state index >= 15 is 0 Å². The quantitative estimate of drug-likeness (QED) is 0.249. The highest BCUT2D eigenvalue weighted by atomic mass is 35.5. The second kappa shape index (κ2) is 10.6. The standard InChI is InChI=1S/C30H27ClN8OS/c1-30(2,40)24-8-4-7-19(35-24)14-20-16-34-25(41-20)15-23-29(32)37-28(22-9-11-39(3)38-22)27(36-23)18-12-17-6-5-10-33-26(17)21(31)13-18/h4-13,16,40H,14-15H2,1-3H3,(H2,32,37). The number of nitrogens with two attached hydrogens (primary N) is 1. The predicted octanol–water partition coefficient (Wildman–Crippen LogP) is 5.59. The van der Waals surface area contributed by atoms with Gasteiger partial charge in [-0.2, -0.15) is 5.10 Å². The lowest BCUT2D eigenvalue weighted by Gasteiger charge is -2.16.